The second kappa shape index (κ2) is 6.75. The van der Waals surface area contributed by atoms with Gasteiger partial charge in [0.25, 0.3) is 5.56 Å². The van der Waals surface area contributed by atoms with Crippen LogP contribution in [0.5, 0.6) is 0 Å². The molecule has 22 heavy (non-hydrogen) atoms. The van der Waals surface area contributed by atoms with E-state index in [4.69, 9.17) is 4.74 Å². The molecule has 0 amide bonds. The van der Waals surface area contributed by atoms with Crippen molar-refractivity contribution in [1.82, 2.24) is 9.55 Å². The lowest BCUT2D eigenvalue weighted by Crippen LogP contribution is -2.55. The zero-order valence-corrected chi connectivity index (χ0v) is 12.8. The molecule has 2 heterocycles. The van der Waals surface area contributed by atoms with Gasteiger partial charge in [0.15, 0.2) is 17.7 Å². The van der Waals surface area contributed by atoms with Crippen LogP contribution in [0, 0.1) is 0 Å². The van der Waals surface area contributed by atoms with Crippen LogP contribution in [0.25, 0.3) is 0 Å². The molecule has 0 saturated carbocycles. The fourth-order valence-corrected chi connectivity index (χ4v) is 2.61. The molecule has 2 rings (SSSR count). The SMILES string of the molecule is CSc1nc(N[C@@H]2OC[C@@H](O)[C@@H](O)[C@@H]2O)c(C=O)c(=O)n1C. The third-order valence-electron chi connectivity index (χ3n) is 3.36. The van der Waals surface area contributed by atoms with E-state index in [0.717, 1.165) is 0 Å². The van der Waals surface area contributed by atoms with Crippen LogP contribution in [0.3, 0.4) is 0 Å². The summed E-state index contributed by atoms with van der Waals surface area (Å²) in [5, 5.41) is 31.9. The molecule has 1 fully saturated rings. The van der Waals surface area contributed by atoms with Crippen molar-refractivity contribution in [3.8, 4) is 0 Å². The molecule has 1 saturated heterocycles. The number of aliphatic hydroxyl groups is 3. The Balaban J connectivity index is 2.35. The molecule has 9 nitrogen and oxygen atoms in total. The number of carbonyl (C=O) groups is 1. The fourth-order valence-electron chi connectivity index (χ4n) is 2.07. The van der Waals surface area contributed by atoms with Crippen molar-refractivity contribution in [3.05, 3.63) is 15.9 Å². The number of nitrogens with one attached hydrogen (secondary N) is 1. The molecule has 1 aliphatic rings. The molecule has 1 aromatic rings. The van der Waals surface area contributed by atoms with E-state index >= 15 is 0 Å². The molecule has 0 aliphatic carbocycles. The van der Waals surface area contributed by atoms with E-state index in [1.54, 1.807) is 6.26 Å². The molecule has 0 unspecified atom stereocenters. The van der Waals surface area contributed by atoms with E-state index in [1.807, 2.05) is 0 Å². The minimum atomic E-state index is -1.44. The Morgan fingerprint density at radius 1 is 1.41 bits per heavy atom. The minimum Gasteiger partial charge on any atom is -0.388 e. The molecule has 10 heteroatoms. The summed E-state index contributed by atoms with van der Waals surface area (Å²) in [4.78, 5) is 27.4. The summed E-state index contributed by atoms with van der Waals surface area (Å²) in [5.74, 6) is -0.0462. The van der Waals surface area contributed by atoms with E-state index < -0.39 is 30.1 Å². The molecule has 0 bridgehead atoms. The number of aliphatic hydroxyl groups excluding tert-OH is 3. The smallest absolute Gasteiger partial charge is 0.266 e. The van der Waals surface area contributed by atoms with Crippen LogP contribution in [0.1, 0.15) is 10.4 Å². The Hall–Kier alpha value is -1.46. The van der Waals surface area contributed by atoms with Crippen LogP contribution in [-0.4, -0.2) is 68.6 Å². The summed E-state index contributed by atoms with van der Waals surface area (Å²) in [7, 11) is 1.49. The lowest BCUT2D eigenvalue weighted by atomic mass is 10.0. The maximum Gasteiger partial charge on any atom is 0.266 e. The van der Waals surface area contributed by atoms with Gasteiger partial charge in [-0.15, -0.1) is 0 Å². The highest BCUT2D eigenvalue weighted by Crippen LogP contribution is 2.20. The normalized spacial score (nSPS) is 28.4. The summed E-state index contributed by atoms with van der Waals surface area (Å²) in [6.07, 6.45) is -3.08. The van der Waals surface area contributed by atoms with Crippen molar-refractivity contribution in [3.63, 3.8) is 0 Å². The Morgan fingerprint density at radius 2 is 2.09 bits per heavy atom. The van der Waals surface area contributed by atoms with Crippen molar-refractivity contribution in [2.75, 3.05) is 18.2 Å². The quantitative estimate of drug-likeness (QED) is 0.285. The highest BCUT2D eigenvalue weighted by molar-refractivity contribution is 7.98. The average Bonchev–Trinajstić information content (AvgIpc) is 2.51. The number of nitrogens with zero attached hydrogens (tertiary/aromatic N) is 2. The van der Waals surface area contributed by atoms with Gasteiger partial charge in [-0.2, -0.15) is 0 Å². The highest BCUT2D eigenvalue weighted by atomic mass is 32.2. The first-order chi connectivity index (χ1) is 10.4. The number of ether oxygens (including phenoxy) is 1. The second-order valence-electron chi connectivity index (χ2n) is 4.79. The molecule has 0 spiro atoms. The minimum absolute atomic E-state index is 0.0462. The Kier molecular flexibility index (Phi) is 5.19. The number of hydrogen-bond acceptors (Lipinski definition) is 9. The Bertz CT molecular complexity index is 622. The van der Waals surface area contributed by atoms with E-state index in [1.165, 1.54) is 23.4 Å². The van der Waals surface area contributed by atoms with Gasteiger partial charge >= 0.3 is 0 Å². The summed E-state index contributed by atoms with van der Waals surface area (Å²) in [6, 6.07) is 0. The fraction of sp³-hybridized carbons (Fsp3) is 0.583. The van der Waals surface area contributed by atoms with E-state index in [9.17, 15) is 24.9 Å². The molecule has 1 aromatic heterocycles. The number of hydrogen-bond donors (Lipinski definition) is 4. The van der Waals surface area contributed by atoms with Gasteiger partial charge in [-0.3, -0.25) is 14.2 Å². The van der Waals surface area contributed by atoms with Gasteiger partial charge < -0.3 is 25.4 Å². The number of aldehydes is 1. The second-order valence-corrected chi connectivity index (χ2v) is 5.56. The molecule has 4 N–H and O–H groups in total. The van der Waals surface area contributed by atoms with Crippen LogP contribution < -0.4 is 10.9 Å². The zero-order chi connectivity index (χ0) is 16.4. The molecular weight excluding hydrogens is 314 g/mol. The van der Waals surface area contributed by atoms with Crippen molar-refractivity contribution < 1.29 is 24.9 Å². The largest absolute Gasteiger partial charge is 0.388 e. The van der Waals surface area contributed by atoms with E-state index in [-0.39, 0.29) is 18.0 Å². The van der Waals surface area contributed by atoms with Gasteiger partial charge in [0.2, 0.25) is 0 Å². The van der Waals surface area contributed by atoms with E-state index in [0.29, 0.717) is 11.4 Å². The number of carbonyl (C=O) groups excluding carboxylic acids is 1. The number of aromatic nitrogens is 2. The van der Waals surface area contributed by atoms with Crippen molar-refractivity contribution in [2.24, 2.45) is 7.05 Å². The molecule has 4 atom stereocenters. The van der Waals surface area contributed by atoms with Gasteiger partial charge in [0.05, 0.1) is 6.61 Å². The predicted octanol–water partition coefficient (Wildman–Crippen LogP) is -1.83. The molecule has 122 valence electrons. The van der Waals surface area contributed by atoms with Crippen molar-refractivity contribution in [1.29, 1.82) is 0 Å². The van der Waals surface area contributed by atoms with Crippen molar-refractivity contribution in [2.45, 2.75) is 29.7 Å². The zero-order valence-electron chi connectivity index (χ0n) is 12.0. The maximum absolute atomic E-state index is 12.1. The summed E-state index contributed by atoms with van der Waals surface area (Å²) >= 11 is 1.21. The van der Waals surface area contributed by atoms with Gasteiger partial charge in [0, 0.05) is 7.05 Å². The monoisotopic (exact) mass is 331 g/mol. The average molecular weight is 331 g/mol. The van der Waals surface area contributed by atoms with Crippen LogP contribution in [0.15, 0.2) is 9.95 Å². The number of anilines is 1. The van der Waals surface area contributed by atoms with Crippen LogP contribution in [-0.2, 0) is 11.8 Å². The third kappa shape index (κ3) is 3.01. The first-order valence-electron chi connectivity index (χ1n) is 6.43. The standard InChI is InChI=1S/C12H17N3O6S/c1-15-11(20)5(3-16)9(14-12(15)22-2)13-10-8(19)7(18)6(17)4-21-10/h3,6-8,10,13,17-19H,4H2,1-2H3/t6-,7-,8+,10-/m1/s1. The van der Waals surface area contributed by atoms with Crippen LogP contribution >= 0.6 is 11.8 Å². The van der Waals surface area contributed by atoms with Crippen LogP contribution in [0.2, 0.25) is 0 Å². The van der Waals surface area contributed by atoms with Gasteiger partial charge in [-0.05, 0) is 6.26 Å². The van der Waals surface area contributed by atoms with Crippen LogP contribution in [0.4, 0.5) is 5.82 Å². The Morgan fingerprint density at radius 3 is 2.68 bits per heavy atom. The molecule has 0 aromatic carbocycles. The Labute approximate surface area is 129 Å². The molecular formula is C12H17N3O6S. The number of thioether (sulfide) groups is 1. The van der Waals surface area contributed by atoms with Gasteiger partial charge in [-0.1, -0.05) is 11.8 Å². The third-order valence-corrected chi connectivity index (χ3v) is 4.10. The highest BCUT2D eigenvalue weighted by Gasteiger charge is 2.38. The van der Waals surface area contributed by atoms with E-state index in [2.05, 4.69) is 10.3 Å². The number of rotatable bonds is 4. The molecule has 1 aliphatic heterocycles. The summed E-state index contributed by atoms with van der Waals surface area (Å²) in [5.41, 5.74) is -0.751. The van der Waals surface area contributed by atoms with Gasteiger partial charge in [0.1, 0.15) is 29.7 Å². The van der Waals surface area contributed by atoms with Crippen molar-refractivity contribution >= 4 is 23.9 Å². The first-order valence-corrected chi connectivity index (χ1v) is 7.65. The predicted molar refractivity (Wildman–Crippen MR) is 78.0 cm³/mol. The summed E-state index contributed by atoms with van der Waals surface area (Å²) < 4.78 is 6.41. The maximum atomic E-state index is 12.1. The lowest BCUT2D eigenvalue weighted by Gasteiger charge is -2.35. The lowest BCUT2D eigenvalue weighted by molar-refractivity contribution is -0.178. The first kappa shape index (κ1) is 16.9. The topological polar surface area (TPSA) is 134 Å². The van der Waals surface area contributed by atoms with Gasteiger partial charge in [-0.25, -0.2) is 4.98 Å². The summed E-state index contributed by atoms with van der Waals surface area (Å²) in [6.45, 7) is -0.202. The molecule has 0 radical (unpaired) electrons.